The van der Waals surface area contributed by atoms with Crippen molar-refractivity contribution in [3.05, 3.63) is 23.3 Å². The molecule has 1 aliphatic rings. The van der Waals surface area contributed by atoms with Crippen molar-refractivity contribution in [2.24, 2.45) is 0 Å². The molecule has 0 aliphatic heterocycles. The Morgan fingerprint density at radius 1 is 1.60 bits per heavy atom. The zero-order valence-electron chi connectivity index (χ0n) is 6.39. The van der Waals surface area contributed by atoms with Gasteiger partial charge in [-0.15, -0.1) is 0 Å². The maximum absolute atomic E-state index is 5.18. The van der Waals surface area contributed by atoms with Crippen LogP contribution in [-0.2, 0) is 4.18 Å². The lowest BCUT2D eigenvalue weighted by Gasteiger charge is -2.00. The van der Waals surface area contributed by atoms with Crippen LogP contribution in [0.4, 0.5) is 0 Å². The van der Waals surface area contributed by atoms with Gasteiger partial charge in [0.15, 0.2) is 0 Å². The van der Waals surface area contributed by atoms with Crippen LogP contribution in [-0.4, -0.2) is 12.9 Å². The lowest BCUT2D eigenvalue weighted by molar-refractivity contribution is 0.415. The summed E-state index contributed by atoms with van der Waals surface area (Å²) >= 11 is 1.43. The maximum Gasteiger partial charge on any atom is 0.0830 e. The molecule has 0 N–H and O–H groups in total. The Kier molecular flexibility index (Phi) is 3.03. The molecule has 56 valence electrons. The second-order valence-electron chi connectivity index (χ2n) is 2.44. The Morgan fingerprint density at radius 3 is 2.90 bits per heavy atom. The summed E-state index contributed by atoms with van der Waals surface area (Å²) < 4.78 is 5.18. The maximum atomic E-state index is 5.18. The molecule has 10 heavy (non-hydrogen) atoms. The topological polar surface area (TPSA) is 9.23 Å². The number of hydrogen-bond acceptors (Lipinski definition) is 2. The highest BCUT2D eigenvalue weighted by Gasteiger charge is 2.03. The predicted octanol–water partition coefficient (Wildman–Crippen LogP) is 2.56. The fourth-order valence-corrected chi connectivity index (χ4v) is 1.24. The summed E-state index contributed by atoms with van der Waals surface area (Å²) in [5.74, 6) is 0. The molecular weight excluding hydrogens is 144 g/mol. The van der Waals surface area contributed by atoms with Crippen LogP contribution in [0, 0.1) is 0 Å². The molecular formula is C8H12OS. The molecule has 0 saturated heterocycles. The minimum Gasteiger partial charge on any atom is -0.311 e. The summed E-state index contributed by atoms with van der Waals surface area (Å²) in [6, 6.07) is 0. The van der Waals surface area contributed by atoms with Crippen molar-refractivity contribution in [1.29, 1.82) is 0 Å². The van der Waals surface area contributed by atoms with Crippen molar-refractivity contribution in [2.45, 2.75) is 13.3 Å². The Morgan fingerprint density at radius 2 is 2.40 bits per heavy atom. The second kappa shape index (κ2) is 3.84. The van der Waals surface area contributed by atoms with Gasteiger partial charge in [-0.2, -0.15) is 0 Å². The predicted molar refractivity (Wildman–Crippen MR) is 45.9 cm³/mol. The summed E-state index contributed by atoms with van der Waals surface area (Å²) in [5.41, 5.74) is 2.81. The van der Waals surface area contributed by atoms with Gasteiger partial charge in [-0.05, 0) is 31.0 Å². The lowest BCUT2D eigenvalue weighted by Crippen LogP contribution is -1.89. The van der Waals surface area contributed by atoms with Gasteiger partial charge in [-0.25, -0.2) is 0 Å². The van der Waals surface area contributed by atoms with Crippen molar-refractivity contribution < 1.29 is 4.18 Å². The van der Waals surface area contributed by atoms with Crippen LogP contribution >= 0.6 is 12.0 Å². The average molecular weight is 156 g/mol. The molecule has 0 bridgehead atoms. The van der Waals surface area contributed by atoms with Crippen LogP contribution in [0.15, 0.2) is 23.3 Å². The zero-order valence-corrected chi connectivity index (χ0v) is 7.20. The third-order valence-electron chi connectivity index (χ3n) is 1.47. The second-order valence-corrected chi connectivity index (χ2v) is 3.01. The number of allylic oxidation sites excluding steroid dienone is 3. The Labute approximate surface area is 66.4 Å². The highest BCUT2D eigenvalue weighted by molar-refractivity contribution is 7.93. The lowest BCUT2D eigenvalue weighted by atomic mass is 10.2. The van der Waals surface area contributed by atoms with Crippen LogP contribution in [0.2, 0.25) is 0 Å². The largest absolute Gasteiger partial charge is 0.311 e. The first-order valence-corrected chi connectivity index (χ1v) is 4.48. The Hall–Kier alpha value is -0.210. The van der Waals surface area contributed by atoms with Crippen LogP contribution in [0.3, 0.4) is 0 Å². The molecule has 0 amide bonds. The molecule has 2 heteroatoms. The molecule has 0 heterocycles. The average Bonchev–Trinajstić information content (AvgIpc) is 2.31. The van der Waals surface area contributed by atoms with Crippen molar-refractivity contribution in [1.82, 2.24) is 0 Å². The quantitative estimate of drug-likeness (QED) is 0.581. The van der Waals surface area contributed by atoms with Crippen molar-refractivity contribution >= 4 is 12.0 Å². The molecule has 0 aromatic rings. The molecule has 0 aromatic heterocycles. The zero-order chi connectivity index (χ0) is 7.40. The van der Waals surface area contributed by atoms with Crippen molar-refractivity contribution in [2.75, 3.05) is 12.9 Å². The molecule has 0 atom stereocenters. The first-order chi connectivity index (χ1) is 4.83. The van der Waals surface area contributed by atoms with E-state index in [1.165, 1.54) is 23.2 Å². The van der Waals surface area contributed by atoms with Gasteiger partial charge in [0.2, 0.25) is 0 Å². The van der Waals surface area contributed by atoms with Crippen molar-refractivity contribution in [3.63, 3.8) is 0 Å². The summed E-state index contributed by atoms with van der Waals surface area (Å²) in [7, 11) is 0. The van der Waals surface area contributed by atoms with E-state index in [0.717, 1.165) is 13.0 Å². The number of hydrogen-bond donors (Lipinski definition) is 0. The van der Waals surface area contributed by atoms with Crippen molar-refractivity contribution in [3.8, 4) is 0 Å². The van der Waals surface area contributed by atoms with E-state index in [-0.39, 0.29) is 0 Å². The number of rotatable bonds is 3. The molecule has 0 aromatic carbocycles. The highest BCUT2D eigenvalue weighted by Crippen LogP contribution is 2.18. The molecule has 0 spiro atoms. The van der Waals surface area contributed by atoms with E-state index in [4.69, 9.17) is 4.18 Å². The minimum atomic E-state index is 0.773. The van der Waals surface area contributed by atoms with Gasteiger partial charge >= 0.3 is 0 Å². The normalized spacial score (nSPS) is 17.0. The van der Waals surface area contributed by atoms with Gasteiger partial charge in [0.1, 0.15) is 0 Å². The standard InChI is InChI=1S/C8H12OS/c1-7-3-4-8(5-7)6-9-10-2/h3-4H,5-6H2,1-2H3. The molecule has 1 nitrogen and oxygen atoms in total. The fourth-order valence-electron chi connectivity index (χ4n) is 0.970. The van der Waals surface area contributed by atoms with E-state index in [2.05, 4.69) is 19.1 Å². The van der Waals surface area contributed by atoms with E-state index < -0.39 is 0 Å². The van der Waals surface area contributed by atoms with Gasteiger partial charge < -0.3 is 4.18 Å². The van der Waals surface area contributed by atoms with E-state index in [1.54, 1.807) is 0 Å². The Bertz CT molecular complexity index is 170. The van der Waals surface area contributed by atoms with E-state index in [0.29, 0.717) is 0 Å². The van der Waals surface area contributed by atoms with Gasteiger partial charge in [-0.1, -0.05) is 17.7 Å². The molecule has 1 rings (SSSR count). The van der Waals surface area contributed by atoms with Gasteiger partial charge in [-0.3, -0.25) is 0 Å². The summed E-state index contributed by atoms with van der Waals surface area (Å²) in [5, 5.41) is 0. The first-order valence-electron chi connectivity index (χ1n) is 3.33. The Balaban J connectivity index is 2.22. The summed E-state index contributed by atoms with van der Waals surface area (Å²) in [4.78, 5) is 0. The van der Waals surface area contributed by atoms with E-state index in [9.17, 15) is 0 Å². The molecule has 0 radical (unpaired) electrons. The third kappa shape index (κ3) is 2.20. The SMILES string of the molecule is CSOCC1=CC=C(C)C1. The molecule has 0 saturated carbocycles. The third-order valence-corrected chi connectivity index (χ3v) is 1.83. The van der Waals surface area contributed by atoms with Crippen LogP contribution in [0.1, 0.15) is 13.3 Å². The smallest absolute Gasteiger partial charge is 0.0830 e. The van der Waals surface area contributed by atoms with Crippen LogP contribution in [0.5, 0.6) is 0 Å². The van der Waals surface area contributed by atoms with E-state index >= 15 is 0 Å². The molecule has 1 aliphatic carbocycles. The van der Waals surface area contributed by atoms with Gasteiger partial charge in [0.05, 0.1) is 6.61 Å². The summed E-state index contributed by atoms with van der Waals surface area (Å²) in [6.07, 6.45) is 7.33. The minimum absolute atomic E-state index is 0.773. The summed E-state index contributed by atoms with van der Waals surface area (Å²) in [6.45, 7) is 2.91. The van der Waals surface area contributed by atoms with Crippen LogP contribution < -0.4 is 0 Å². The molecule has 0 unspecified atom stereocenters. The van der Waals surface area contributed by atoms with Gasteiger partial charge in [0, 0.05) is 6.26 Å². The highest BCUT2D eigenvalue weighted by atomic mass is 32.2. The van der Waals surface area contributed by atoms with E-state index in [1.807, 2.05) is 6.26 Å². The monoisotopic (exact) mass is 156 g/mol. The molecule has 0 fully saturated rings. The van der Waals surface area contributed by atoms with Crippen LogP contribution in [0.25, 0.3) is 0 Å². The van der Waals surface area contributed by atoms with Gasteiger partial charge in [0.25, 0.3) is 0 Å². The first kappa shape index (κ1) is 7.89. The fraction of sp³-hybridized carbons (Fsp3) is 0.500.